The molecule has 5 heteroatoms. The van der Waals surface area contributed by atoms with Crippen LogP contribution < -0.4 is 5.32 Å². The van der Waals surface area contributed by atoms with Crippen LogP contribution in [0, 0.1) is 5.82 Å². The third-order valence-electron chi connectivity index (χ3n) is 2.94. The molecule has 104 valence electrons. The third-order valence-corrected chi connectivity index (χ3v) is 3.23. The summed E-state index contributed by atoms with van der Waals surface area (Å²) in [4.78, 5) is 0. The molecule has 0 spiro atoms. The van der Waals surface area contributed by atoms with Crippen LogP contribution in [0.15, 0.2) is 16.5 Å². The molecule has 0 atom stereocenters. The van der Waals surface area contributed by atoms with E-state index in [1.165, 1.54) is 6.07 Å². The number of ether oxygens (including phenoxy) is 1. The van der Waals surface area contributed by atoms with E-state index >= 15 is 0 Å². The smallest absolute Gasteiger partial charge is 0.184 e. The summed E-state index contributed by atoms with van der Waals surface area (Å²) >= 11 is 5.77. The molecule has 0 aliphatic heterocycles. The summed E-state index contributed by atoms with van der Waals surface area (Å²) in [5, 5.41) is 4.03. The van der Waals surface area contributed by atoms with Crippen LogP contribution in [-0.4, -0.2) is 13.7 Å². The predicted octanol–water partition coefficient (Wildman–Crippen LogP) is 3.87. The van der Waals surface area contributed by atoms with Crippen molar-refractivity contribution in [1.29, 1.82) is 0 Å². The summed E-state index contributed by atoms with van der Waals surface area (Å²) in [6, 6.07) is 3.30. The van der Waals surface area contributed by atoms with Gasteiger partial charge in [0.05, 0.1) is 18.2 Å². The largest absolute Gasteiger partial charge is 0.456 e. The van der Waals surface area contributed by atoms with Gasteiger partial charge in [-0.1, -0.05) is 18.5 Å². The predicted molar refractivity (Wildman–Crippen MR) is 73.9 cm³/mol. The number of methoxy groups -OCH3 is 1. The van der Waals surface area contributed by atoms with Crippen LogP contribution in [0.3, 0.4) is 0 Å². The number of furan rings is 1. The van der Waals surface area contributed by atoms with Crippen LogP contribution in [-0.2, 0) is 17.9 Å². The summed E-state index contributed by atoms with van der Waals surface area (Å²) in [6.07, 6.45) is 1.03. The van der Waals surface area contributed by atoms with Gasteiger partial charge in [-0.25, -0.2) is 4.39 Å². The van der Waals surface area contributed by atoms with Gasteiger partial charge in [0.25, 0.3) is 0 Å². The van der Waals surface area contributed by atoms with E-state index in [0.29, 0.717) is 18.9 Å². The van der Waals surface area contributed by atoms with Crippen LogP contribution in [0.2, 0.25) is 5.02 Å². The van der Waals surface area contributed by atoms with E-state index in [1.54, 1.807) is 13.2 Å². The molecular weight excluding hydrogens is 269 g/mol. The lowest BCUT2D eigenvalue weighted by Crippen LogP contribution is -2.14. The molecular formula is C14H17ClFNO2. The van der Waals surface area contributed by atoms with Crippen LogP contribution in [0.1, 0.15) is 24.7 Å². The Hall–Kier alpha value is -1.10. The van der Waals surface area contributed by atoms with Gasteiger partial charge >= 0.3 is 0 Å². The first-order valence-electron chi connectivity index (χ1n) is 6.27. The molecule has 1 aromatic heterocycles. The van der Waals surface area contributed by atoms with Gasteiger partial charge in [-0.3, -0.25) is 0 Å². The first-order chi connectivity index (χ1) is 9.19. The van der Waals surface area contributed by atoms with E-state index in [0.717, 1.165) is 23.9 Å². The molecule has 0 unspecified atom stereocenters. The Balaban J connectivity index is 2.43. The topological polar surface area (TPSA) is 34.4 Å². The van der Waals surface area contributed by atoms with E-state index in [2.05, 4.69) is 12.2 Å². The Morgan fingerprint density at radius 2 is 2.21 bits per heavy atom. The Labute approximate surface area is 116 Å². The van der Waals surface area contributed by atoms with Crippen molar-refractivity contribution in [3.8, 4) is 0 Å². The highest BCUT2D eigenvalue weighted by atomic mass is 35.5. The highest BCUT2D eigenvalue weighted by Crippen LogP contribution is 2.32. The summed E-state index contributed by atoms with van der Waals surface area (Å²) in [6.45, 7) is 3.91. The van der Waals surface area contributed by atoms with Gasteiger partial charge in [-0.15, -0.1) is 0 Å². The second kappa shape index (κ2) is 6.37. The second-order valence-corrected chi connectivity index (χ2v) is 4.76. The Morgan fingerprint density at radius 1 is 1.42 bits per heavy atom. The molecule has 0 amide bonds. The zero-order chi connectivity index (χ0) is 13.8. The van der Waals surface area contributed by atoms with Crippen molar-refractivity contribution in [1.82, 2.24) is 5.32 Å². The average Bonchev–Trinajstić information content (AvgIpc) is 2.74. The first kappa shape index (κ1) is 14.3. The fourth-order valence-electron chi connectivity index (χ4n) is 2.03. The third kappa shape index (κ3) is 2.91. The fourth-order valence-corrected chi connectivity index (χ4v) is 2.18. The van der Waals surface area contributed by atoms with E-state index < -0.39 is 5.82 Å². The van der Waals surface area contributed by atoms with Gasteiger partial charge in [-0.2, -0.15) is 0 Å². The number of halogens is 2. The molecule has 1 N–H and O–H groups in total. The number of nitrogens with one attached hydrogen (secondary N) is 1. The molecule has 0 saturated carbocycles. The average molecular weight is 286 g/mol. The summed E-state index contributed by atoms with van der Waals surface area (Å²) < 4.78 is 24.7. The molecule has 0 saturated heterocycles. The molecule has 19 heavy (non-hydrogen) atoms. The second-order valence-electron chi connectivity index (χ2n) is 4.35. The molecule has 0 bridgehead atoms. The first-order valence-corrected chi connectivity index (χ1v) is 6.64. The Bertz CT molecular complexity index is 568. The number of rotatable bonds is 6. The van der Waals surface area contributed by atoms with Crippen LogP contribution >= 0.6 is 11.6 Å². The van der Waals surface area contributed by atoms with Crippen molar-refractivity contribution in [2.75, 3.05) is 13.7 Å². The number of fused-ring (bicyclic) bond motifs is 1. The Morgan fingerprint density at radius 3 is 2.89 bits per heavy atom. The fraction of sp³-hybridized carbons (Fsp3) is 0.429. The minimum absolute atomic E-state index is 0.0679. The molecule has 1 aromatic carbocycles. The van der Waals surface area contributed by atoms with Gasteiger partial charge in [0, 0.05) is 18.1 Å². The van der Waals surface area contributed by atoms with Crippen LogP contribution in [0.25, 0.3) is 11.0 Å². The lowest BCUT2D eigenvalue weighted by molar-refractivity contribution is 0.183. The minimum Gasteiger partial charge on any atom is -0.456 e. The molecule has 3 nitrogen and oxygen atoms in total. The van der Waals surface area contributed by atoms with E-state index in [1.807, 2.05) is 0 Å². The standard InChI is InChI=1S/C14H17ClFNO2/c1-3-6-17-7-12-10(8-18-2)9-4-5-11(15)13(16)14(9)19-12/h4-5,17H,3,6-8H2,1-2H3. The number of benzene rings is 1. The maximum atomic E-state index is 13.9. The highest BCUT2D eigenvalue weighted by Gasteiger charge is 2.18. The summed E-state index contributed by atoms with van der Waals surface area (Å²) in [5.41, 5.74) is 1.07. The molecule has 1 heterocycles. The number of hydrogen-bond donors (Lipinski definition) is 1. The SMILES string of the molecule is CCCNCc1oc2c(F)c(Cl)ccc2c1COC. The van der Waals surface area contributed by atoms with E-state index in [-0.39, 0.29) is 10.6 Å². The Kier molecular flexibility index (Phi) is 4.80. The van der Waals surface area contributed by atoms with Crippen molar-refractivity contribution in [3.63, 3.8) is 0 Å². The van der Waals surface area contributed by atoms with Gasteiger partial charge in [-0.05, 0) is 25.1 Å². The normalized spacial score (nSPS) is 11.4. The minimum atomic E-state index is -0.515. The molecule has 0 fully saturated rings. The van der Waals surface area contributed by atoms with Crippen LogP contribution in [0.5, 0.6) is 0 Å². The van der Waals surface area contributed by atoms with Gasteiger partial charge in [0.2, 0.25) is 0 Å². The quantitative estimate of drug-likeness (QED) is 0.818. The molecule has 2 aromatic rings. The van der Waals surface area contributed by atoms with Gasteiger partial charge in [0.1, 0.15) is 5.76 Å². The molecule has 0 radical (unpaired) electrons. The maximum Gasteiger partial charge on any atom is 0.184 e. The van der Waals surface area contributed by atoms with Gasteiger partial charge in [0.15, 0.2) is 11.4 Å². The maximum absolute atomic E-state index is 13.9. The zero-order valence-electron chi connectivity index (χ0n) is 11.1. The van der Waals surface area contributed by atoms with Crippen molar-refractivity contribution < 1.29 is 13.5 Å². The zero-order valence-corrected chi connectivity index (χ0v) is 11.8. The van der Waals surface area contributed by atoms with Crippen molar-refractivity contribution in [2.24, 2.45) is 0 Å². The van der Waals surface area contributed by atoms with E-state index in [9.17, 15) is 4.39 Å². The van der Waals surface area contributed by atoms with Gasteiger partial charge < -0.3 is 14.5 Å². The monoisotopic (exact) mass is 285 g/mol. The van der Waals surface area contributed by atoms with Crippen molar-refractivity contribution in [3.05, 3.63) is 34.3 Å². The van der Waals surface area contributed by atoms with Crippen molar-refractivity contribution >= 4 is 22.6 Å². The molecule has 2 rings (SSSR count). The summed E-state index contributed by atoms with van der Waals surface area (Å²) in [7, 11) is 1.61. The lowest BCUT2D eigenvalue weighted by Gasteiger charge is -2.03. The summed E-state index contributed by atoms with van der Waals surface area (Å²) in [5.74, 6) is 0.185. The highest BCUT2D eigenvalue weighted by molar-refractivity contribution is 6.31. The molecule has 0 aliphatic carbocycles. The lowest BCUT2D eigenvalue weighted by atomic mass is 10.1. The van der Waals surface area contributed by atoms with Crippen LogP contribution in [0.4, 0.5) is 4.39 Å². The van der Waals surface area contributed by atoms with Crippen molar-refractivity contribution in [2.45, 2.75) is 26.5 Å². The number of hydrogen-bond acceptors (Lipinski definition) is 3. The molecule has 0 aliphatic rings. The van der Waals surface area contributed by atoms with E-state index in [4.69, 9.17) is 20.8 Å².